The Morgan fingerprint density at radius 2 is 2.17 bits per heavy atom. The summed E-state index contributed by atoms with van der Waals surface area (Å²) in [5.74, 6) is 0. The second-order valence-corrected chi connectivity index (χ2v) is 2.80. The third kappa shape index (κ3) is 1.66. The van der Waals surface area contributed by atoms with Crippen LogP contribution in [0.3, 0.4) is 0 Å². The van der Waals surface area contributed by atoms with Gasteiger partial charge >= 0.3 is 12.0 Å². The van der Waals surface area contributed by atoms with Crippen molar-refractivity contribution in [2.45, 2.75) is 26.8 Å². The average molecular weight is 170 g/mol. The number of nitrogen functional groups attached to an aromatic ring is 1. The molecular formula is C7H14N4O. The largest absolute Gasteiger partial charge is 0.390 e. The lowest BCUT2D eigenvalue weighted by Gasteiger charge is -2.21. The van der Waals surface area contributed by atoms with Crippen molar-refractivity contribution in [2.75, 3.05) is 17.2 Å². The number of nitrogens with two attached hydrogens (primary N) is 1. The van der Waals surface area contributed by atoms with Gasteiger partial charge < -0.3 is 15.1 Å². The summed E-state index contributed by atoms with van der Waals surface area (Å²) in [6.45, 7) is 6.98. The van der Waals surface area contributed by atoms with Crippen molar-refractivity contribution < 1.29 is 4.42 Å². The average Bonchev–Trinajstić information content (AvgIpc) is 2.37. The van der Waals surface area contributed by atoms with Gasteiger partial charge in [-0.2, -0.15) is 0 Å². The van der Waals surface area contributed by atoms with Crippen LogP contribution in [0.1, 0.15) is 20.8 Å². The van der Waals surface area contributed by atoms with E-state index < -0.39 is 0 Å². The minimum absolute atomic E-state index is 0.115. The highest BCUT2D eigenvalue weighted by Crippen LogP contribution is 2.15. The van der Waals surface area contributed by atoms with E-state index in [1.54, 1.807) is 0 Å². The first kappa shape index (κ1) is 8.83. The summed E-state index contributed by atoms with van der Waals surface area (Å²) in [6, 6.07) is 0.948. The van der Waals surface area contributed by atoms with Gasteiger partial charge in [-0.25, -0.2) is 0 Å². The zero-order chi connectivity index (χ0) is 9.14. The SMILES string of the molecule is CCN(c1nnc(N)o1)C(C)C. The van der Waals surface area contributed by atoms with Crippen molar-refractivity contribution in [2.24, 2.45) is 0 Å². The normalized spacial score (nSPS) is 10.7. The summed E-state index contributed by atoms with van der Waals surface area (Å²) in [6.07, 6.45) is 0. The maximum Gasteiger partial charge on any atom is 0.319 e. The van der Waals surface area contributed by atoms with Crippen LogP contribution >= 0.6 is 0 Å². The van der Waals surface area contributed by atoms with Gasteiger partial charge in [0.1, 0.15) is 0 Å². The fourth-order valence-corrected chi connectivity index (χ4v) is 1.06. The van der Waals surface area contributed by atoms with Crippen molar-refractivity contribution in [1.82, 2.24) is 10.2 Å². The molecule has 68 valence electrons. The van der Waals surface area contributed by atoms with Crippen LogP contribution in [0.2, 0.25) is 0 Å². The van der Waals surface area contributed by atoms with Crippen molar-refractivity contribution in [3.05, 3.63) is 0 Å². The lowest BCUT2D eigenvalue weighted by atomic mass is 10.3. The molecule has 0 unspecified atom stereocenters. The van der Waals surface area contributed by atoms with E-state index >= 15 is 0 Å². The van der Waals surface area contributed by atoms with E-state index in [1.165, 1.54) is 0 Å². The van der Waals surface area contributed by atoms with E-state index in [-0.39, 0.29) is 6.01 Å². The number of hydrogen-bond acceptors (Lipinski definition) is 5. The minimum Gasteiger partial charge on any atom is -0.390 e. The van der Waals surface area contributed by atoms with Gasteiger partial charge in [-0.15, -0.1) is 0 Å². The standard InChI is InChI=1S/C7H14N4O/c1-4-11(5(2)3)7-10-9-6(8)12-7/h5H,4H2,1-3H3,(H2,8,9). The molecule has 0 radical (unpaired) electrons. The van der Waals surface area contributed by atoms with Crippen LogP contribution in [0.5, 0.6) is 0 Å². The molecule has 0 atom stereocenters. The van der Waals surface area contributed by atoms with Crippen LogP contribution in [0.25, 0.3) is 0 Å². The van der Waals surface area contributed by atoms with Gasteiger partial charge in [0.05, 0.1) is 0 Å². The lowest BCUT2D eigenvalue weighted by molar-refractivity contribution is 0.529. The van der Waals surface area contributed by atoms with Gasteiger partial charge in [0.2, 0.25) is 0 Å². The third-order valence-electron chi connectivity index (χ3n) is 1.64. The topological polar surface area (TPSA) is 68.2 Å². The number of nitrogens with zero attached hydrogens (tertiary/aromatic N) is 3. The number of rotatable bonds is 3. The fraction of sp³-hybridized carbons (Fsp3) is 0.714. The summed E-state index contributed by atoms with van der Waals surface area (Å²) >= 11 is 0. The van der Waals surface area contributed by atoms with Gasteiger partial charge in [-0.3, -0.25) is 0 Å². The molecule has 5 nitrogen and oxygen atoms in total. The summed E-state index contributed by atoms with van der Waals surface area (Å²) < 4.78 is 5.08. The van der Waals surface area contributed by atoms with Crippen molar-refractivity contribution >= 4 is 12.0 Å². The van der Waals surface area contributed by atoms with Crippen LogP contribution in [0, 0.1) is 0 Å². The van der Waals surface area contributed by atoms with Gasteiger partial charge in [0.25, 0.3) is 0 Å². The Balaban J connectivity index is 2.80. The first-order valence-electron chi connectivity index (χ1n) is 4.00. The van der Waals surface area contributed by atoms with Crippen molar-refractivity contribution in [3.63, 3.8) is 0 Å². The van der Waals surface area contributed by atoms with E-state index in [4.69, 9.17) is 10.2 Å². The highest BCUT2D eigenvalue weighted by Gasteiger charge is 2.13. The molecule has 0 aromatic carbocycles. The van der Waals surface area contributed by atoms with Gasteiger partial charge in [0, 0.05) is 12.6 Å². The maximum atomic E-state index is 5.30. The molecule has 1 aromatic rings. The highest BCUT2D eigenvalue weighted by atomic mass is 16.4. The second-order valence-electron chi connectivity index (χ2n) is 2.80. The Labute approximate surface area is 71.6 Å². The molecule has 0 amide bonds. The van der Waals surface area contributed by atoms with E-state index in [0.717, 1.165) is 6.54 Å². The van der Waals surface area contributed by atoms with Gasteiger partial charge in [0.15, 0.2) is 0 Å². The lowest BCUT2D eigenvalue weighted by Crippen LogP contribution is -2.30. The first-order chi connectivity index (χ1) is 5.65. The second kappa shape index (κ2) is 3.42. The molecule has 0 saturated heterocycles. The smallest absolute Gasteiger partial charge is 0.319 e. The minimum atomic E-state index is 0.115. The molecular weight excluding hydrogens is 156 g/mol. The molecule has 0 aliphatic rings. The van der Waals surface area contributed by atoms with Crippen LogP contribution < -0.4 is 10.6 Å². The van der Waals surface area contributed by atoms with Gasteiger partial charge in [-0.1, -0.05) is 10.2 Å². The quantitative estimate of drug-likeness (QED) is 0.729. The van der Waals surface area contributed by atoms with Crippen molar-refractivity contribution in [3.8, 4) is 0 Å². The van der Waals surface area contributed by atoms with E-state index in [0.29, 0.717) is 12.1 Å². The molecule has 0 aliphatic carbocycles. The Kier molecular flexibility index (Phi) is 2.52. The summed E-state index contributed by atoms with van der Waals surface area (Å²) in [5, 5.41) is 7.38. The molecule has 2 N–H and O–H groups in total. The summed E-state index contributed by atoms with van der Waals surface area (Å²) in [4.78, 5) is 1.98. The highest BCUT2D eigenvalue weighted by molar-refractivity contribution is 5.28. The Hall–Kier alpha value is -1.26. The van der Waals surface area contributed by atoms with Crippen LogP contribution in [0.15, 0.2) is 4.42 Å². The molecule has 1 heterocycles. The van der Waals surface area contributed by atoms with Crippen molar-refractivity contribution in [1.29, 1.82) is 0 Å². The number of anilines is 2. The van der Waals surface area contributed by atoms with E-state index in [2.05, 4.69) is 24.0 Å². The zero-order valence-electron chi connectivity index (χ0n) is 7.61. The first-order valence-corrected chi connectivity index (χ1v) is 4.00. The Bertz CT molecular complexity index is 245. The van der Waals surface area contributed by atoms with Crippen LogP contribution in [0.4, 0.5) is 12.0 Å². The molecule has 0 fully saturated rings. The van der Waals surface area contributed by atoms with Gasteiger partial charge in [-0.05, 0) is 20.8 Å². The predicted octanol–water partition coefficient (Wildman–Crippen LogP) is 0.886. The van der Waals surface area contributed by atoms with E-state index in [9.17, 15) is 0 Å². The monoisotopic (exact) mass is 170 g/mol. The summed E-state index contributed by atoms with van der Waals surface area (Å²) in [7, 11) is 0. The van der Waals surface area contributed by atoms with Crippen LogP contribution in [-0.2, 0) is 0 Å². The van der Waals surface area contributed by atoms with Crippen LogP contribution in [-0.4, -0.2) is 22.8 Å². The Morgan fingerprint density at radius 3 is 2.50 bits per heavy atom. The molecule has 0 bridgehead atoms. The zero-order valence-corrected chi connectivity index (χ0v) is 7.61. The number of hydrogen-bond donors (Lipinski definition) is 1. The molecule has 0 saturated carbocycles. The maximum absolute atomic E-state index is 5.30. The third-order valence-corrected chi connectivity index (χ3v) is 1.64. The summed E-state index contributed by atoms with van der Waals surface area (Å²) in [5.41, 5.74) is 5.30. The molecule has 12 heavy (non-hydrogen) atoms. The fourth-order valence-electron chi connectivity index (χ4n) is 1.06. The molecule has 1 aromatic heterocycles. The molecule has 5 heteroatoms. The van der Waals surface area contributed by atoms with E-state index in [1.807, 2.05) is 11.8 Å². The Morgan fingerprint density at radius 1 is 1.50 bits per heavy atom. The molecule has 0 spiro atoms. The number of aromatic nitrogens is 2. The molecule has 0 aliphatic heterocycles. The predicted molar refractivity (Wildman–Crippen MR) is 46.9 cm³/mol. The molecule has 1 rings (SSSR count).